The van der Waals surface area contributed by atoms with Crippen molar-refractivity contribution in [3.8, 4) is 0 Å². The van der Waals surface area contributed by atoms with Crippen LogP contribution in [0.4, 0.5) is 0 Å². The van der Waals surface area contributed by atoms with Crippen molar-refractivity contribution in [2.75, 3.05) is 13.2 Å². The van der Waals surface area contributed by atoms with Crippen LogP contribution in [0.3, 0.4) is 0 Å². The van der Waals surface area contributed by atoms with Crippen molar-refractivity contribution in [2.45, 2.75) is 27.2 Å². The van der Waals surface area contributed by atoms with E-state index < -0.39 is 0 Å². The van der Waals surface area contributed by atoms with Crippen LogP contribution >= 0.6 is 0 Å². The molecule has 3 N–H and O–H groups in total. The van der Waals surface area contributed by atoms with Crippen LogP contribution < -0.4 is 5.73 Å². The molecule has 1 rings (SSSR count). The van der Waals surface area contributed by atoms with Crippen molar-refractivity contribution in [3.05, 3.63) is 71.8 Å². The zero-order valence-electron chi connectivity index (χ0n) is 14.6. The molecule has 1 aromatic heterocycles. The van der Waals surface area contributed by atoms with Crippen molar-refractivity contribution < 1.29 is 14.3 Å². The first-order chi connectivity index (χ1) is 11.5. The minimum atomic E-state index is 0.0423. The third kappa shape index (κ3) is 6.30. The van der Waals surface area contributed by atoms with Crippen LogP contribution in [0.5, 0.6) is 0 Å². The third-order valence-corrected chi connectivity index (χ3v) is 3.17. The predicted molar refractivity (Wildman–Crippen MR) is 97.0 cm³/mol. The predicted octanol–water partition coefficient (Wildman–Crippen LogP) is 3.43. The summed E-state index contributed by atoms with van der Waals surface area (Å²) >= 11 is 0. The number of allylic oxidation sites excluding steroid dienone is 7. The van der Waals surface area contributed by atoms with Gasteiger partial charge in [0.05, 0.1) is 5.69 Å². The largest absolute Gasteiger partial charge is 0.488 e. The normalized spacial score (nSPS) is 13.2. The summed E-state index contributed by atoms with van der Waals surface area (Å²) in [7, 11) is 0. The van der Waals surface area contributed by atoms with Gasteiger partial charge < -0.3 is 20.0 Å². The molecule has 0 saturated carbocycles. The van der Waals surface area contributed by atoms with E-state index in [1.165, 1.54) is 0 Å². The van der Waals surface area contributed by atoms with Gasteiger partial charge in [-0.1, -0.05) is 24.8 Å². The molecule has 0 aliphatic rings. The van der Waals surface area contributed by atoms with E-state index >= 15 is 0 Å². The summed E-state index contributed by atoms with van der Waals surface area (Å²) in [5.74, 6) is 1.71. The van der Waals surface area contributed by atoms with Crippen molar-refractivity contribution in [3.63, 3.8) is 0 Å². The fraction of sp³-hybridized carbons (Fsp3) is 0.316. The van der Waals surface area contributed by atoms with Crippen LogP contribution in [0, 0.1) is 6.92 Å². The number of rotatable bonds is 9. The van der Waals surface area contributed by atoms with Crippen LogP contribution in [0.2, 0.25) is 0 Å². The van der Waals surface area contributed by atoms with Crippen molar-refractivity contribution in [1.29, 1.82) is 0 Å². The summed E-state index contributed by atoms with van der Waals surface area (Å²) in [5.41, 5.74) is 7.98. The average Bonchev–Trinajstić information content (AvgIpc) is 2.92. The second-order valence-electron chi connectivity index (χ2n) is 5.10. The Kier molecular flexibility index (Phi) is 8.36. The van der Waals surface area contributed by atoms with Gasteiger partial charge in [0, 0.05) is 24.3 Å². The van der Waals surface area contributed by atoms with Gasteiger partial charge in [0.25, 0.3) is 0 Å². The van der Waals surface area contributed by atoms with E-state index in [1.54, 1.807) is 12.2 Å². The molecule has 0 unspecified atom stereocenters. The third-order valence-electron chi connectivity index (χ3n) is 3.17. The second-order valence-corrected chi connectivity index (χ2v) is 5.10. The SMILES string of the molecule is C=C(/C=C\C(=C/C)c1nc(CCO)c(C)o1)OC/C(N)=C/C=C\C. The van der Waals surface area contributed by atoms with Crippen LogP contribution in [-0.2, 0) is 11.2 Å². The number of nitrogens with zero attached hydrogens (tertiary/aromatic N) is 1. The number of aryl methyl sites for hydroxylation is 1. The Bertz CT molecular complexity index is 664. The molecule has 0 aliphatic heterocycles. The van der Waals surface area contributed by atoms with E-state index in [0.29, 0.717) is 29.5 Å². The molecule has 0 fully saturated rings. The number of hydrogen-bond acceptors (Lipinski definition) is 5. The van der Waals surface area contributed by atoms with Gasteiger partial charge in [-0.3, -0.25) is 0 Å². The van der Waals surface area contributed by atoms with Gasteiger partial charge in [0.2, 0.25) is 5.89 Å². The standard InChI is InChI=1S/C19H26N2O3/c1-5-7-8-17(20)13-23-14(3)9-10-16(6-2)19-21-18(11-12-22)15(4)24-19/h5-10,22H,3,11-13,20H2,1-2,4H3/b7-5-,10-9-,16-6+,17-8-. The lowest BCUT2D eigenvalue weighted by Gasteiger charge is -2.05. The number of ether oxygens (including phenoxy) is 1. The molecule has 5 heteroatoms. The van der Waals surface area contributed by atoms with Crippen molar-refractivity contribution in [1.82, 2.24) is 4.98 Å². The Morgan fingerprint density at radius 1 is 1.38 bits per heavy atom. The van der Waals surface area contributed by atoms with Gasteiger partial charge in [-0.25, -0.2) is 4.98 Å². The lowest BCUT2D eigenvalue weighted by atomic mass is 10.2. The highest BCUT2D eigenvalue weighted by Gasteiger charge is 2.11. The minimum absolute atomic E-state index is 0.0423. The molecule has 0 aliphatic carbocycles. The molecule has 1 heterocycles. The molecule has 5 nitrogen and oxygen atoms in total. The van der Waals surface area contributed by atoms with E-state index in [2.05, 4.69) is 11.6 Å². The zero-order chi connectivity index (χ0) is 17.9. The van der Waals surface area contributed by atoms with Crippen molar-refractivity contribution >= 4 is 5.57 Å². The molecule has 0 aromatic carbocycles. The number of nitrogens with two attached hydrogens (primary N) is 1. The maximum absolute atomic E-state index is 9.03. The Labute approximate surface area is 143 Å². The van der Waals surface area contributed by atoms with E-state index in [4.69, 9.17) is 20.0 Å². The minimum Gasteiger partial charge on any atom is -0.488 e. The molecule has 0 spiro atoms. The molecule has 0 atom stereocenters. The van der Waals surface area contributed by atoms with Gasteiger partial charge in [-0.05, 0) is 39.0 Å². The fourth-order valence-electron chi connectivity index (χ4n) is 1.86. The summed E-state index contributed by atoms with van der Waals surface area (Å²) in [6.07, 6.45) is 11.5. The van der Waals surface area contributed by atoms with Gasteiger partial charge in [0.1, 0.15) is 18.1 Å². The smallest absolute Gasteiger partial charge is 0.226 e. The van der Waals surface area contributed by atoms with Crippen LogP contribution in [0.15, 0.2) is 58.9 Å². The highest BCUT2D eigenvalue weighted by Crippen LogP contribution is 2.20. The van der Waals surface area contributed by atoms with Crippen molar-refractivity contribution in [2.24, 2.45) is 5.73 Å². The average molecular weight is 330 g/mol. The lowest BCUT2D eigenvalue weighted by molar-refractivity contribution is 0.253. The van der Waals surface area contributed by atoms with E-state index in [-0.39, 0.29) is 13.2 Å². The molecular formula is C19H26N2O3. The maximum Gasteiger partial charge on any atom is 0.226 e. The highest BCUT2D eigenvalue weighted by atomic mass is 16.5. The van der Waals surface area contributed by atoms with Gasteiger partial charge in [-0.2, -0.15) is 0 Å². The van der Waals surface area contributed by atoms with Gasteiger partial charge >= 0.3 is 0 Å². The van der Waals surface area contributed by atoms with Gasteiger partial charge in [-0.15, -0.1) is 0 Å². The number of aliphatic hydroxyl groups excluding tert-OH is 1. The van der Waals surface area contributed by atoms with E-state index in [0.717, 1.165) is 11.3 Å². The van der Waals surface area contributed by atoms with Crippen LogP contribution in [0.25, 0.3) is 5.57 Å². The second kappa shape index (κ2) is 10.3. The number of aliphatic hydroxyl groups is 1. The Hall–Kier alpha value is -2.53. The first kappa shape index (κ1) is 19.5. The van der Waals surface area contributed by atoms with Crippen LogP contribution in [-0.4, -0.2) is 23.3 Å². The molecule has 0 radical (unpaired) electrons. The van der Waals surface area contributed by atoms with Gasteiger partial charge in [0.15, 0.2) is 0 Å². The number of aromatic nitrogens is 1. The van der Waals surface area contributed by atoms with Crippen LogP contribution in [0.1, 0.15) is 31.2 Å². The zero-order valence-corrected chi connectivity index (χ0v) is 14.6. The highest BCUT2D eigenvalue weighted by molar-refractivity contribution is 5.68. The lowest BCUT2D eigenvalue weighted by Crippen LogP contribution is -2.05. The topological polar surface area (TPSA) is 81.5 Å². The fourth-order valence-corrected chi connectivity index (χ4v) is 1.86. The summed E-state index contributed by atoms with van der Waals surface area (Å²) in [4.78, 5) is 4.40. The first-order valence-corrected chi connectivity index (χ1v) is 7.82. The summed E-state index contributed by atoms with van der Waals surface area (Å²) in [6.45, 7) is 9.80. The maximum atomic E-state index is 9.03. The molecular weight excluding hydrogens is 304 g/mol. The molecule has 0 saturated heterocycles. The first-order valence-electron chi connectivity index (χ1n) is 7.82. The Balaban J connectivity index is 2.69. The number of oxazole rings is 1. The summed E-state index contributed by atoms with van der Waals surface area (Å²) in [5, 5.41) is 9.03. The summed E-state index contributed by atoms with van der Waals surface area (Å²) < 4.78 is 11.1. The molecule has 130 valence electrons. The Morgan fingerprint density at radius 2 is 2.12 bits per heavy atom. The summed E-state index contributed by atoms with van der Waals surface area (Å²) in [6, 6.07) is 0. The quantitative estimate of drug-likeness (QED) is 0.535. The monoisotopic (exact) mass is 330 g/mol. The molecule has 0 bridgehead atoms. The van der Waals surface area contributed by atoms with E-state index in [9.17, 15) is 0 Å². The number of hydrogen-bond donors (Lipinski definition) is 2. The van der Waals surface area contributed by atoms with E-state index in [1.807, 2.05) is 45.1 Å². The molecule has 24 heavy (non-hydrogen) atoms. The Morgan fingerprint density at radius 3 is 2.75 bits per heavy atom. The molecule has 0 amide bonds. The molecule has 1 aromatic rings.